The summed E-state index contributed by atoms with van der Waals surface area (Å²) < 4.78 is 7.06. The van der Waals surface area contributed by atoms with Crippen LogP contribution in [0.5, 0.6) is 5.75 Å². The summed E-state index contributed by atoms with van der Waals surface area (Å²) in [5, 5.41) is 11.5. The number of amides is 1. The van der Waals surface area contributed by atoms with Crippen LogP contribution in [0.3, 0.4) is 0 Å². The van der Waals surface area contributed by atoms with E-state index in [9.17, 15) is 4.79 Å². The van der Waals surface area contributed by atoms with Gasteiger partial charge in [-0.3, -0.25) is 9.78 Å². The predicted molar refractivity (Wildman–Crippen MR) is 131 cm³/mol. The van der Waals surface area contributed by atoms with Crippen LogP contribution in [0.4, 0.5) is 11.6 Å². The minimum absolute atomic E-state index is 0.300. The largest absolute Gasteiger partial charge is 0.495 e. The first-order valence-electron chi connectivity index (χ1n) is 10.6. The quantitative estimate of drug-likeness (QED) is 0.427. The van der Waals surface area contributed by atoms with Crippen LogP contribution in [0.2, 0.25) is 5.02 Å². The molecular formula is C25H21ClN6O2. The maximum atomic E-state index is 13.6. The summed E-state index contributed by atoms with van der Waals surface area (Å²) >= 11 is 6.39. The topological polar surface area (TPSA) is 94.0 Å². The Hall–Kier alpha value is -4.17. The van der Waals surface area contributed by atoms with Crippen LogP contribution in [-0.4, -0.2) is 32.8 Å². The lowest BCUT2D eigenvalue weighted by Crippen LogP contribution is -2.32. The maximum absolute atomic E-state index is 13.6. The number of nitrogens with zero attached hydrogens (tertiary/aromatic N) is 4. The Morgan fingerprint density at radius 2 is 1.85 bits per heavy atom. The average Bonchev–Trinajstić information content (AvgIpc) is 3.27. The molecule has 34 heavy (non-hydrogen) atoms. The highest BCUT2D eigenvalue weighted by Gasteiger charge is 2.35. The van der Waals surface area contributed by atoms with Crippen LogP contribution in [0, 0.1) is 0 Å². The van der Waals surface area contributed by atoms with Gasteiger partial charge in [-0.15, -0.1) is 5.10 Å². The van der Waals surface area contributed by atoms with Crippen molar-refractivity contribution in [1.29, 1.82) is 0 Å². The van der Waals surface area contributed by atoms with Crippen molar-refractivity contribution < 1.29 is 9.53 Å². The number of fused-ring (bicyclic) bond motifs is 1. The van der Waals surface area contributed by atoms with Crippen LogP contribution < -0.4 is 15.4 Å². The summed E-state index contributed by atoms with van der Waals surface area (Å²) in [5.41, 5.74) is 3.04. The van der Waals surface area contributed by atoms with Gasteiger partial charge in [0.15, 0.2) is 5.82 Å². The number of ether oxygens (including phenoxy) is 1. The van der Waals surface area contributed by atoms with Crippen molar-refractivity contribution >= 4 is 29.1 Å². The van der Waals surface area contributed by atoms with Crippen molar-refractivity contribution in [3.05, 3.63) is 94.9 Å². The molecule has 4 aromatic rings. The standard InChI is InChI=1S/C25H21ClN6O2/c1-15-21(24(33)29-18-11-5-6-13-20(18)34-2)22(19-12-7-8-14-27-19)32-25(28-15)30-23(31-32)16-9-3-4-10-17(16)26/h3-14,22H,1-2H3,(H,29,33)(H,28,30,31)/t22-/m0/s1. The molecule has 0 saturated heterocycles. The van der Waals surface area contributed by atoms with Gasteiger partial charge >= 0.3 is 0 Å². The lowest BCUT2D eigenvalue weighted by atomic mass is 9.98. The van der Waals surface area contributed by atoms with Crippen molar-refractivity contribution in [3.8, 4) is 17.1 Å². The number of carbonyl (C=O) groups excluding carboxylic acids is 1. The fraction of sp³-hybridized carbons (Fsp3) is 0.120. The van der Waals surface area contributed by atoms with E-state index in [2.05, 4.69) is 20.6 Å². The molecule has 0 fully saturated rings. The highest BCUT2D eigenvalue weighted by atomic mass is 35.5. The number of halogens is 1. The third kappa shape index (κ3) is 3.88. The van der Waals surface area contributed by atoms with Gasteiger partial charge < -0.3 is 15.4 Å². The number of hydrogen-bond acceptors (Lipinski definition) is 6. The second kappa shape index (κ2) is 8.99. The second-order valence-corrected chi connectivity index (χ2v) is 8.07. The highest BCUT2D eigenvalue weighted by molar-refractivity contribution is 6.33. The van der Waals surface area contributed by atoms with Crippen molar-refractivity contribution in [2.45, 2.75) is 13.0 Å². The molecule has 0 unspecified atom stereocenters. The summed E-state index contributed by atoms with van der Waals surface area (Å²) in [6, 6.07) is 19.6. The normalized spacial score (nSPS) is 14.9. The van der Waals surface area contributed by atoms with E-state index >= 15 is 0 Å². The van der Waals surface area contributed by atoms with Gasteiger partial charge in [0.05, 0.1) is 29.1 Å². The number of pyridine rings is 1. The molecule has 0 radical (unpaired) electrons. The lowest BCUT2D eigenvalue weighted by molar-refractivity contribution is -0.113. The number of methoxy groups -OCH3 is 1. The van der Waals surface area contributed by atoms with Crippen LogP contribution in [0.15, 0.2) is 84.2 Å². The molecule has 1 aliphatic heterocycles. The Morgan fingerprint density at radius 1 is 1.09 bits per heavy atom. The minimum Gasteiger partial charge on any atom is -0.495 e. The molecule has 9 heteroatoms. The van der Waals surface area contributed by atoms with Gasteiger partial charge in [0.2, 0.25) is 5.95 Å². The van der Waals surface area contributed by atoms with E-state index in [0.29, 0.717) is 50.8 Å². The zero-order chi connectivity index (χ0) is 23.7. The number of para-hydroxylation sites is 2. The number of allylic oxidation sites excluding steroid dienone is 1. The van der Waals surface area contributed by atoms with Crippen LogP contribution in [0.1, 0.15) is 18.7 Å². The van der Waals surface area contributed by atoms with Crippen molar-refractivity contribution in [2.75, 3.05) is 17.7 Å². The van der Waals surface area contributed by atoms with Gasteiger partial charge in [-0.05, 0) is 43.3 Å². The second-order valence-electron chi connectivity index (χ2n) is 7.66. The number of nitrogens with one attached hydrogen (secondary N) is 2. The Bertz CT molecular complexity index is 1400. The predicted octanol–water partition coefficient (Wildman–Crippen LogP) is 4.93. The monoisotopic (exact) mass is 472 g/mol. The van der Waals surface area contributed by atoms with E-state index in [4.69, 9.17) is 21.4 Å². The lowest BCUT2D eigenvalue weighted by Gasteiger charge is -2.28. The SMILES string of the molecule is COc1ccccc1NC(=O)C1=C(C)Nc2nc(-c3ccccc3Cl)nn2[C@H]1c1ccccn1. The first-order chi connectivity index (χ1) is 16.6. The third-order valence-electron chi connectivity index (χ3n) is 5.54. The van der Waals surface area contributed by atoms with E-state index in [0.717, 1.165) is 0 Å². The summed E-state index contributed by atoms with van der Waals surface area (Å²) in [6.45, 7) is 1.83. The molecule has 3 heterocycles. The van der Waals surface area contributed by atoms with Crippen LogP contribution in [0.25, 0.3) is 11.4 Å². The zero-order valence-corrected chi connectivity index (χ0v) is 19.2. The number of hydrogen-bond donors (Lipinski definition) is 2. The van der Waals surface area contributed by atoms with Gasteiger partial charge in [-0.2, -0.15) is 4.98 Å². The molecule has 0 spiro atoms. The molecule has 1 amide bonds. The molecule has 1 atom stereocenters. The number of aromatic nitrogens is 4. The molecule has 0 aliphatic carbocycles. The Kier molecular flexibility index (Phi) is 5.73. The van der Waals surface area contributed by atoms with E-state index < -0.39 is 6.04 Å². The molecule has 1 aliphatic rings. The summed E-state index contributed by atoms with van der Waals surface area (Å²) in [7, 11) is 1.56. The van der Waals surface area contributed by atoms with E-state index in [1.165, 1.54) is 0 Å². The first kappa shape index (κ1) is 21.7. The smallest absolute Gasteiger partial charge is 0.256 e. The van der Waals surface area contributed by atoms with Gasteiger partial charge in [-0.25, -0.2) is 4.68 Å². The number of benzene rings is 2. The fourth-order valence-electron chi connectivity index (χ4n) is 3.95. The summed E-state index contributed by atoms with van der Waals surface area (Å²) in [6.07, 6.45) is 1.69. The maximum Gasteiger partial charge on any atom is 0.256 e. The van der Waals surface area contributed by atoms with Crippen molar-refractivity contribution in [1.82, 2.24) is 19.7 Å². The summed E-state index contributed by atoms with van der Waals surface area (Å²) in [4.78, 5) is 22.8. The highest BCUT2D eigenvalue weighted by Crippen LogP contribution is 2.37. The molecule has 8 nitrogen and oxygen atoms in total. The molecule has 5 rings (SSSR count). The fourth-order valence-corrected chi connectivity index (χ4v) is 4.17. The molecule has 170 valence electrons. The average molecular weight is 473 g/mol. The molecule has 0 bridgehead atoms. The number of rotatable bonds is 5. The van der Waals surface area contributed by atoms with Crippen LogP contribution >= 0.6 is 11.6 Å². The van der Waals surface area contributed by atoms with Gasteiger partial charge in [-0.1, -0.05) is 41.9 Å². The van der Waals surface area contributed by atoms with Gasteiger partial charge in [0, 0.05) is 17.5 Å². The summed E-state index contributed by atoms with van der Waals surface area (Å²) in [5.74, 6) is 1.21. The number of anilines is 2. The van der Waals surface area contributed by atoms with Crippen molar-refractivity contribution in [3.63, 3.8) is 0 Å². The zero-order valence-electron chi connectivity index (χ0n) is 18.5. The Morgan fingerprint density at radius 3 is 2.62 bits per heavy atom. The number of carbonyl (C=O) groups is 1. The third-order valence-corrected chi connectivity index (χ3v) is 5.86. The van der Waals surface area contributed by atoms with Crippen molar-refractivity contribution in [2.24, 2.45) is 0 Å². The van der Waals surface area contributed by atoms with E-state index in [1.54, 1.807) is 36.2 Å². The van der Waals surface area contributed by atoms with Gasteiger partial charge in [0.25, 0.3) is 5.91 Å². The molecule has 2 aromatic heterocycles. The molecule has 2 N–H and O–H groups in total. The first-order valence-corrected chi connectivity index (χ1v) is 11.0. The van der Waals surface area contributed by atoms with Gasteiger partial charge in [0.1, 0.15) is 11.8 Å². The van der Waals surface area contributed by atoms with E-state index in [-0.39, 0.29) is 5.91 Å². The molecule has 0 saturated carbocycles. The Labute approximate surface area is 201 Å². The van der Waals surface area contributed by atoms with Crippen LogP contribution in [-0.2, 0) is 4.79 Å². The van der Waals surface area contributed by atoms with E-state index in [1.807, 2.05) is 55.5 Å². The molecule has 2 aromatic carbocycles. The molecular weight excluding hydrogens is 452 g/mol. The Balaban J connectivity index is 1.60. The minimum atomic E-state index is -0.601.